The van der Waals surface area contributed by atoms with Gasteiger partial charge in [0.25, 0.3) is 0 Å². The number of hydrogen-bond acceptors (Lipinski definition) is 16. The fraction of sp³-hybridized carbons (Fsp3) is 0.462. The minimum absolute atomic E-state index is 0.0100. The average Bonchev–Trinajstić information content (AvgIpc) is 2.96. The first-order valence-electron chi connectivity index (χ1n) is 11.7. The van der Waals surface area contributed by atoms with Crippen molar-refractivity contribution < 1.29 is 76.3 Å². The Labute approximate surface area is 240 Å². The molecule has 232 valence electrons. The minimum Gasteiger partial charge on any atom is -0.466 e. The topological polar surface area (TPSA) is 210 Å². The van der Waals surface area contributed by atoms with Gasteiger partial charge in [-0.25, -0.2) is 38.4 Å². The molecular formula is C26H32O16. The van der Waals surface area contributed by atoms with Crippen LogP contribution in [-0.4, -0.2) is 103 Å². The van der Waals surface area contributed by atoms with Crippen molar-refractivity contribution in [3.8, 4) is 0 Å². The number of hydrogen-bond donors (Lipinski definition) is 0. The molecule has 0 radical (unpaired) electrons. The van der Waals surface area contributed by atoms with E-state index in [4.69, 9.17) is 18.9 Å². The maximum atomic E-state index is 13.4. The zero-order valence-corrected chi connectivity index (χ0v) is 24.4. The molecule has 0 rings (SSSR count). The number of rotatable bonds is 14. The summed E-state index contributed by atoms with van der Waals surface area (Å²) in [4.78, 5) is 99.8. The van der Waals surface area contributed by atoms with Crippen LogP contribution in [0.1, 0.15) is 27.7 Å². The van der Waals surface area contributed by atoms with Gasteiger partial charge in [-0.15, -0.1) is 0 Å². The van der Waals surface area contributed by atoms with E-state index in [9.17, 15) is 38.4 Å². The number of methoxy groups -OCH3 is 4. The van der Waals surface area contributed by atoms with Crippen molar-refractivity contribution in [3.05, 3.63) is 33.4 Å². The Kier molecular flexibility index (Phi) is 16.2. The molecule has 42 heavy (non-hydrogen) atoms. The first-order chi connectivity index (χ1) is 19.7. The van der Waals surface area contributed by atoms with Crippen LogP contribution in [-0.2, 0) is 76.3 Å². The quantitative estimate of drug-likeness (QED) is 0.109. The molecule has 0 aliphatic carbocycles. The SMILES string of the molecule is COC(=O)COC(=O)C(=C(C)C)/C(C(=O)OCC(=O)OC)=C(\C(=O)OCC(=O)OC)C(C(=O)OCC(=O)OC)=C(C)C. The molecule has 0 N–H and O–H groups in total. The maximum absolute atomic E-state index is 13.4. The first kappa shape index (κ1) is 37.0. The summed E-state index contributed by atoms with van der Waals surface area (Å²) in [6.07, 6.45) is 0. The first-order valence-corrected chi connectivity index (χ1v) is 11.7. The fourth-order valence-corrected chi connectivity index (χ4v) is 2.79. The van der Waals surface area contributed by atoms with Crippen molar-refractivity contribution in [2.75, 3.05) is 54.9 Å². The Morgan fingerprint density at radius 2 is 0.548 bits per heavy atom. The summed E-state index contributed by atoms with van der Waals surface area (Å²) in [6.45, 7) is 1.36. The van der Waals surface area contributed by atoms with Gasteiger partial charge in [-0.05, 0) is 27.7 Å². The molecule has 0 spiro atoms. The van der Waals surface area contributed by atoms with Gasteiger partial charge in [0.05, 0.1) is 50.7 Å². The molecule has 0 aromatic rings. The standard InChI is InChI=1S/C26H32O16/c1-13(2)19(23(31)39-9-15(27)35-5)21(25(33)41-11-17(29)37-7)22(26(34)42-12-18(30)38-8)20(14(3)4)24(32)40-10-16(28)36-6/h9-12H2,1-8H3/b22-21+. The van der Waals surface area contributed by atoms with E-state index in [2.05, 4.69) is 18.9 Å². The number of esters is 8. The van der Waals surface area contributed by atoms with Gasteiger partial charge in [0.15, 0.2) is 26.4 Å². The van der Waals surface area contributed by atoms with Crippen LogP contribution in [0.4, 0.5) is 0 Å². The Bertz CT molecular complexity index is 1100. The predicted octanol–water partition coefficient (Wildman–Crippen LogP) is -0.179. The van der Waals surface area contributed by atoms with Crippen LogP contribution in [0.5, 0.6) is 0 Å². The Hall–Kier alpha value is -5.02. The molecular weight excluding hydrogens is 568 g/mol. The Balaban J connectivity index is 7.63. The normalized spacial score (nSPS) is 10.5. The summed E-state index contributed by atoms with van der Waals surface area (Å²) >= 11 is 0. The van der Waals surface area contributed by atoms with E-state index in [1.54, 1.807) is 0 Å². The second kappa shape index (κ2) is 18.4. The molecule has 0 amide bonds. The lowest BCUT2D eigenvalue weighted by molar-refractivity contribution is -0.157. The lowest BCUT2D eigenvalue weighted by Crippen LogP contribution is -2.29. The van der Waals surface area contributed by atoms with Gasteiger partial charge < -0.3 is 37.9 Å². The highest BCUT2D eigenvalue weighted by Gasteiger charge is 2.37. The Morgan fingerprint density at radius 3 is 0.714 bits per heavy atom. The molecule has 0 aromatic heterocycles. The second-order valence-electron chi connectivity index (χ2n) is 8.11. The zero-order chi connectivity index (χ0) is 32.6. The average molecular weight is 601 g/mol. The van der Waals surface area contributed by atoms with Gasteiger partial charge in [0.1, 0.15) is 0 Å². The molecule has 0 bridgehead atoms. The molecule has 0 aromatic carbocycles. The molecule has 16 nitrogen and oxygen atoms in total. The Morgan fingerprint density at radius 1 is 0.357 bits per heavy atom. The van der Waals surface area contributed by atoms with Crippen molar-refractivity contribution in [2.45, 2.75) is 27.7 Å². The van der Waals surface area contributed by atoms with E-state index in [1.165, 1.54) is 27.7 Å². The third-order valence-corrected chi connectivity index (χ3v) is 4.76. The van der Waals surface area contributed by atoms with Crippen LogP contribution < -0.4 is 0 Å². The molecule has 0 unspecified atom stereocenters. The van der Waals surface area contributed by atoms with Crippen LogP contribution in [0.2, 0.25) is 0 Å². The van der Waals surface area contributed by atoms with Crippen LogP contribution >= 0.6 is 0 Å². The molecule has 0 heterocycles. The van der Waals surface area contributed by atoms with Gasteiger partial charge in [0.2, 0.25) is 0 Å². The zero-order valence-electron chi connectivity index (χ0n) is 24.4. The van der Waals surface area contributed by atoms with Crippen molar-refractivity contribution in [1.82, 2.24) is 0 Å². The molecule has 0 aliphatic heterocycles. The predicted molar refractivity (Wildman–Crippen MR) is 136 cm³/mol. The lowest BCUT2D eigenvalue weighted by Gasteiger charge is -2.19. The van der Waals surface area contributed by atoms with Crippen molar-refractivity contribution in [3.63, 3.8) is 0 Å². The molecule has 0 atom stereocenters. The minimum atomic E-state index is -1.53. The monoisotopic (exact) mass is 600 g/mol. The smallest absolute Gasteiger partial charge is 0.344 e. The van der Waals surface area contributed by atoms with Crippen molar-refractivity contribution in [1.29, 1.82) is 0 Å². The van der Waals surface area contributed by atoms with E-state index in [0.29, 0.717) is 0 Å². The van der Waals surface area contributed by atoms with Crippen molar-refractivity contribution in [2.24, 2.45) is 0 Å². The molecule has 0 saturated carbocycles. The second-order valence-corrected chi connectivity index (χ2v) is 8.11. The van der Waals surface area contributed by atoms with Crippen molar-refractivity contribution >= 4 is 47.8 Å². The van der Waals surface area contributed by atoms with E-state index in [0.717, 1.165) is 28.4 Å². The van der Waals surface area contributed by atoms with Gasteiger partial charge in [-0.3, -0.25) is 0 Å². The third-order valence-electron chi connectivity index (χ3n) is 4.76. The fourth-order valence-electron chi connectivity index (χ4n) is 2.79. The third kappa shape index (κ3) is 11.6. The molecule has 16 heteroatoms. The summed E-state index contributed by atoms with van der Waals surface area (Å²) in [5, 5.41) is 0. The molecule has 0 saturated heterocycles. The number of carbonyl (C=O) groups is 8. The van der Waals surface area contributed by atoms with E-state index >= 15 is 0 Å². The largest absolute Gasteiger partial charge is 0.466 e. The van der Waals surface area contributed by atoms with Crippen LogP contribution in [0.3, 0.4) is 0 Å². The summed E-state index contributed by atoms with van der Waals surface area (Å²) in [6, 6.07) is 0. The van der Waals surface area contributed by atoms with Gasteiger partial charge in [-0.1, -0.05) is 11.1 Å². The van der Waals surface area contributed by atoms with Crippen LogP contribution in [0, 0.1) is 0 Å². The summed E-state index contributed by atoms with van der Waals surface area (Å²) in [5.41, 5.74) is -3.37. The summed E-state index contributed by atoms with van der Waals surface area (Å²) < 4.78 is 37.4. The van der Waals surface area contributed by atoms with E-state index < -0.39 is 96.5 Å². The highest BCUT2D eigenvalue weighted by atomic mass is 16.6. The molecule has 0 aliphatic rings. The van der Waals surface area contributed by atoms with Crippen LogP contribution in [0.15, 0.2) is 33.4 Å². The number of ether oxygens (including phenoxy) is 8. The summed E-state index contributed by atoms with van der Waals surface area (Å²) in [5.74, 6) is -9.82. The number of carbonyl (C=O) groups excluding carboxylic acids is 8. The number of allylic oxidation sites excluding steroid dienone is 2. The van der Waals surface area contributed by atoms with E-state index in [-0.39, 0.29) is 11.1 Å². The van der Waals surface area contributed by atoms with Gasteiger partial charge >= 0.3 is 47.8 Å². The van der Waals surface area contributed by atoms with Gasteiger partial charge in [0, 0.05) is 0 Å². The highest BCUT2D eigenvalue weighted by Crippen LogP contribution is 2.30. The maximum Gasteiger partial charge on any atom is 0.344 e. The lowest BCUT2D eigenvalue weighted by atomic mass is 9.90. The van der Waals surface area contributed by atoms with E-state index in [1.807, 2.05) is 0 Å². The van der Waals surface area contributed by atoms with Gasteiger partial charge in [-0.2, -0.15) is 0 Å². The molecule has 0 fully saturated rings. The van der Waals surface area contributed by atoms with Crippen LogP contribution in [0.25, 0.3) is 0 Å². The summed E-state index contributed by atoms with van der Waals surface area (Å²) in [7, 11) is 4.02. The highest BCUT2D eigenvalue weighted by molar-refractivity contribution is 6.18.